The van der Waals surface area contributed by atoms with Crippen LogP contribution in [0.1, 0.15) is 18.4 Å². The molecule has 6 heteroatoms. The molecule has 0 unspecified atom stereocenters. The summed E-state index contributed by atoms with van der Waals surface area (Å²) >= 11 is 5.76. The molecule has 3 nitrogen and oxygen atoms in total. The van der Waals surface area contributed by atoms with Crippen LogP contribution in [0.15, 0.2) is 18.2 Å². The Labute approximate surface area is 101 Å². The molecule has 0 aromatic heterocycles. The fraction of sp³-hybridized carbons (Fsp3) is 0.364. The van der Waals surface area contributed by atoms with Gasteiger partial charge in [0.15, 0.2) is 0 Å². The molecule has 0 spiro atoms. The molecule has 1 aliphatic carbocycles. The molecule has 1 fully saturated rings. The van der Waals surface area contributed by atoms with Gasteiger partial charge in [-0.2, -0.15) is 8.78 Å². The molecule has 1 aromatic rings. The van der Waals surface area contributed by atoms with Crippen molar-refractivity contribution in [3.8, 4) is 5.75 Å². The Bertz CT molecular complexity index is 458. The topological polar surface area (TPSA) is 46.5 Å². The van der Waals surface area contributed by atoms with Crippen LogP contribution in [0, 0.1) is 0 Å². The fourth-order valence-electron chi connectivity index (χ4n) is 1.74. The van der Waals surface area contributed by atoms with E-state index in [1.807, 2.05) is 0 Å². The van der Waals surface area contributed by atoms with Crippen molar-refractivity contribution < 1.29 is 23.4 Å². The monoisotopic (exact) mass is 262 g/mol. The van der Waals surface area contributed by atoms with E-state index in [1.54, 1.807) is 0 Å². The Morgan fingerprint density at radius 3 is 2.53 bits per heavy atom. The van der Waals surface area contributed by atoms with E-state index < -0.39 is 18.0 Å². The van der Waals surface area contributed by atoms with E-state index in [0.717, 1.165) is 0 Å². The molecule has 1 N–H and O–H groups in total. The lowest BCUT2D eigenvalue weighted by atomic mass is 9.96. The summed E-state index contributed by atoms with van der Waals surface area (Å²) in [7, 11) is 0. The van der Waals surface area contributed by atoms with Crippen molar-refractivity contribution in [3.05, 3.63) is 28.8 Å². The van der Waals surface area contributed by atoms with Gasteiger partial charge in [0.2, 0.25) is 0 Å². The lowest BCUT2D eigenvalue weighted by molar-refractivity contribution is -0.140. The van der Waals surface area contributed by atoms with Crippen molar-refractivity contribution in [2.24, 2.45) is 0 Å². The largest absolute Gasteiger partial charge is 0.481 e. The highest BCUT2D eigenvalue weighted by Gasteiger charge is 2.51. The molecule has 0 atom stereocenters. The third-order valence-electron chi connectivity index (χ3n) is 2.86. The number of alkyl halides is 2. The molecule has 0 saturated heterocycles. The Hall–Kier alpha value is -1.36. The zero-order valence-electron chi connectivity index (χ0n) is 8.62. The van der Waals surface area contributed by atoms with Gasteiger partial charge in [0.25, 0.3) is 0 Å². The van der Waals surface area contributed by atoms with E-state index >= 15 is 0 Å². The standard InChI is InChI=1S/C11H9ClF2O3/c12-7-5-6(11(3-4-11)9(15)16)1-2-8(7)17-10(13)14/h1-2,5,10H,3-4H2,(H,15,16). The molecule has 17 heavy (non-hydrogen) atoms. The first-order valence-corrected chi connectivity index (χ1v) is 5.32. The third kappa shape index (κ3) is 2.20. The summed E-state index contributed by atoms with van der Waals surface area (Å²) < 4.78 is 28.2. The molecule has 0 radical (unpaired) electrons. The predicted molar refractivity (Wildman–Crippen MR) is 56.6 cm³/mol. The number of aliphatic carboxylic acids is 1. The van der Waals surface area contributed by atoms with Gasteiger partial charge >= 0.3 is 12.6 Å². The summed E-state index contributed by atoms with van der Waals surface area (Å²) in [5.41, 5.74) is -0.371. The molecule has 92 valence electrons. The minimum absolute atomic E-state index is 0.00433. The van der Waals surface area contributed by atoms with E-state index in [2.05, 4.69) is 4.74 Å². The van der Waals surface area contributed by atoms with Gasteiger partial charge in [0, 0.05) is 0 Å². The van der Waals surface area contributed by atoms with E-state index in [4.69, 9.17) is 16.7 Å². The van der Waals surface area contributed by atoms with Crippen molar-refractivity contribution in [2.45, 2.75) is 24.9 Å². The van der Waals surface area contributed by atoms with Crippen LogP contribution in [-0.4, -0.2) is 17.7 Å². The van der Waals surface area contributed by atoms with Crippen molar-refractivity contribution in [2.75, 3.05) is 0 Å². The molecule has 1 aromatic carbocycles. The average Bonchev–Trinajstić information content (AvgIpc) is 3.01. The quantitative estimate of drug-likeness (QED) is 0.907. The highest BCUT2D eigenvalue weighted by molar-refractivity contribution is 6.32. The van der Waals surface area contributed by atoms with Crippen LogP contribution in [0.5, 0.6) is 5.75 Å². The Kier molecular flexibility index (Phi) is 2.95. The van der Waals surface area contributed by atoms with Gasteiger partial charge < -0.3 is 9.84 Å². The molecule has 0 aliphatic heterocycles. The third-order valence-corrected chi connectivity index (χ3v) is 3.16. The van der Waals surface area contributed by atoms with Crippen LogP contribution in [0.4, 0.5) is 8.78 Å². The first-order valence-electron chi connectivity index (χ1n) is 4.94. The van der Waals surface area contributed by atoms with Crippen LogP contribution in [0.3, 0.4) is 0 Å². The van der Waals surface area contributed by atoms with Crippen LogP contribution in [-0.2, 0) is 10.2 Å². The lowest BCUT2D eigenvalue weighted by Gasteiger charge is -2.12. The van der Waals surface area contributed by atoms with E-state index in [9.17, 15) is 13.6 Å². The Morgan fingerprint density at radius 2 is 2.12 bits per heavy atom. The molecule has 0 bridgehead atoms. The zero-order chi connectivity index (χ0) is 12.6. The summed E-state index contributed by atoms with van der Waals surface area (Å²) in [5.74, 6) is -1.07. The summed E-state index contributed by atoms with van der Waals surface area (Å²) in [6.45, 7) is -2.95. The molecule has 0 heterocycles. The summed E-state index contributed by atoms with van der Waals surface area (Å²) in [4.78, 5) is 11.1. The molecule has 2 rings (SSSR count). The van der Waals surface area contributed by atoms with Crippen molar-refractivity contribution in [1.29, 1.82) is 0 Å². The molecule has 0 amide bonds. The molecular formula is C11H9ClF2O3. The maximum Gasteiger partial charge on any atom is 0.387 e. The maximum absolute atomic E-state index is 12.0. The molecular weight excluding hydrogens is 254 g/mol. The second kappa shape index (κ2) is 4.14. The highest BCUT2D eigenvalue weighted by atomic mass is 35.5. The normalized spacial score (nSPS) is 16.9. The van der Waals surface area contributed by atoms with Crippen LogP contribution in [0.25, 0.3) is 0 Å². The van der Waals surface area contributed by atoms with Crippen LogP contribution < -0.4 is 4.74 Å². The number of ether oxygens (including phenoxy) is 1. The smallest absolute Gasteiger partial charge is 0.387 e. The second-order valence-electron chi connectivity index (χ2n) is 3.91. The highest BCUT2D eigenvalue weighted by Crippen LogP contribution is 2.49. The van der Waals surface area contributed by atoms with E-state index in [1.165, 1.54) is 18.2 Å². The van der Waals surface area contributed by atoms with Crippen molar-refractivity contribution in [1.82, 2.24) is 0 Å². The van der Waals surface area contributed by atoms with Gasteiger partial charge in [-0.25, -0.2) is 0 Å². The number of benzene rings is 1. The van der Waals surface area contributed by atoms with Gasteiger partial charge in [-0.1, -0.05) is 17.7 Å². The molecule has 1 aliphatic rings. The summed E-state index contributed by atoms with van der Waals surface area (Å²) in [6, 6.07) is 4.11. The summed E-state index contributed by atoms with van der Waals surface area (Å²) in [6.07, 6.45) is 1.07. The van der Waals surface area contributed by atoms with Crippen LogP contribution >= 0.6 is 11.6 Å². The Morgan fingerprint density at radius 1 is 1.47 bits per heavy atom. The first-order chi connectivity index (χ1) is 7.95. The zero-order valence-corrected chi connectivity index (χ0v) is 9.38. The van der Waals surface area contributed by atoms with Crippen molar-refractivity contribution >= 4 is 17.6 Å². The number of hydrogen-bond acceptors (Lipinski definition) is 2. The summed E-state index contributed by atoms with van der Waals surface area (Å²) in [5, 5.41) is 9.06. The first kappa shape index (κ1) is 12.1. The van der Waals surface area contributed by atoms with Gasteiger partial charge in [0.05, 0.1) is 10.4 Å². The number of carboxylic acid groups (broad SMARTS) is 1. The number of hydrogen-bond donors (Lipinski definition) is 1. The number of carboxylic acids is 1. The molecule has 1 saturated carbocycles. The predicted octanol–water partition coefficient (Wildman–Crippen LogP) is 3.06. The lowest BCUT2D eigenvalue weighted by Crippen LogP contribution is -2.19. The van der Waals surface area contributed by atoms with Gasteiger partial charge in [-0.15, -0.1) is 0 Å². The minimum Gasteiger partial charge on any atom is -0.481 e. The van der Waals surface area contributed by atoms with E-state index in [0.29, 0.717) is 18.4 Å². The van der Waals surface area contributed by atoms with Gasteiger partial charge in [-0.3, -0.25) is 4.79 Å². The second-order valence-corrected chi connectivity index (χ2v) is 4.32. The van der Waals surface area contributed by atoms with Crippen LogP contribution in [0.2, 0.25) is 5.02 Å². The van der Waals surface area contributed by atoms with E-state index in [-0.39, 0.29) is 10.8 Å². The minimum atomic E-state index is -2.95. The average molecular weight is 263 g/mol. The fourth-order valence-corrected chi connectivity index (χ4v) is 1.97. The number of halogens is 3. The SMILES string of the molecule is O=C(O)C1(c2ccc(OC(F)F)c(Cl)c2)CC1. The number of rotatable bonds is 4. The maximum atomic E-state index is 12.0. The van der Waals surface area contributed by atoms with Crippen molar-refractivity contribution in [3.63, 3.8) is 0 Å². The van der Waals surface area contributed by atoms with Gasteiger partial charge in [-0.05, 0) is 30.5 Å². The number of carbonyl (C=O) groups is 1. The van der Waals surface area contributed by atoms with Gasteiger partial charge in [0.1, 0.15) is 5.75 Å². The Balaban J connectivity index is 2.28.